The molecule has 160 valence electrons. The lowest BCUT2D eigenvalue weighted by molar-refractivity contribution is -0.130. The van der Waals surface area contributed by atoms with E-state index in [-0.39, 0.29) is 18.4 Å². The lowest BCUT2D eigenvalue weighted by Crippen LogP contribution is -2.51. The minimum Gasteiger partial charge on any atom is -0.368 e. The number of carbonyl (C=O) groups excluding carboxylic acids is 2. The molecule has 3 aromatic rings. The molecule has 31 heavy (non-hydrogen) atoms. The molecule has 1 aromatic carbocycles. The molecule has 2 aromatic heterocycles. The summed E-state index contributed by atoms with van der Waals surface area (Å²) in [5.74, 6) is 0.256. The molecule has 1 aliphatic heterocycles. The lowest BCUT2D eigenvalue weighted by atomic mass is 10.2. The van der Waals surface area contributed by atoms with Crippen LogP contribution < -0.4 is 10.2 Å². The van der Waals surface area contributed by atoms with Gasteiger partial charge in [-0.25, -0.2) is 9.67 Å². The van der Waals surface area contributed by atoms with Crippen LogP contribution in [0, 0.1) is 13.8 Å². The fraction of sp³-hybridized carbons (Fsp3) is 0.304. The molecule has 8 heteroatoms. The first-order valence-electron chi connectivity index (χ1n) is 10.4. The second-order valence-electron chi connectivity index (χ2n) is 7.63. The van der Waals surface area contributed by atoms with Crippen LogP contribution in [0.15, 0.2) is 54.7 Å². The molecule has 1 saturated heterocycles. The van der Waals surface area contributed by atoms with Crippen LogP contribution in [0.25, 0.3) is 5.82 Å². The number of piperazine rings is 1. The average Bonchev–Trinajstić information content (AvgIpc) is 3.15. The van der Waals surface area contributed by atoms with E-state index < -0.39 is 0 Å². The molecule has 2 amide bonds. The molecule has 0 bridgehead atoms. The molecule has 0 atom stereocenters. The number of nitrogens with one attached hydrogen (secondary N) is 1. The van der Waals surface area contributed by atoms with E-state index in [1.54, 1.807) is 21.7 Å². The summed E-state index contributed by atoms with van der Waals surface area (Å²) in [6.45, 7) is 6.69. The number of rotatable bonds is 5. The van der Waals surface area contributed by atoms with Crippen molar-refractivity contribution in [2.45, 2.75) is 13.8 Å². The Morgan fingerprint density at radius 3 is 2.35 bits per heavy atom. The summed E-state index contributed by atoms with van der Waals surface area (Å²) < 4.78 is 1.73. The Balaban J connectivity index is 1.28. The van der Waals surface area contributed by atoms with Crippen molar-refractivity contribution in [1.29, 1.82) is 0 Å². The topological polar surface area (TPSA) is 83.4 Å². The van der Waals surface area contributed by atoms with Crippen molar-refractivity contribution < 1.29 is 9.59 Å². The highest BCUT2D eigenvalue weighted by atomic mass is 16.2. The first kappa shape index (κ1) is 20.6. The number of carbonyl (C=O) groups is 2. The van der Waals surface area contributed by atoms with Crippen molar-refractivity contribution in [3.05, 3.63) is 71.7 Å². The summed E-state index contributed by atoms with van der Waals surface area (Å²) >= 11 is 0. The number of hydrogen-bond donors (Lipinski definition) is 1. The number of amides is 2. The lowest BCUT2D eigenvalue weighted by Gasteiger charge is -2.36. The molecular formula is C23H26N6O2. The molecule has 1 fully saturated rings. The van der Waals surface area contributed by atoms with Gasteiger partial charge in [-0.2, -0.15) is 5.10 Å². The van der Waals surface area contributed by atoms with E-state index in [1.807, 2.05) is 38.1 Å². The largest absolute Gasteiger partial charge is 0.368 e. The van der Waals surface area contributed by atoms with Gasteiger partial charge in [0.2, 0.25) is 5.91 Å². The monoisotopic (exact) mass is 418 g/mol. The van der Waals surface area contributed by atoms with Gasteiger partial charge >= 0.3 is 0 Å². The highest BCUT2D eigenvalue weighted by molar-refractivity contribution is 5.96. The van der Waals surface area contributed by atoms with E-state index >= 15 is 0 Å². The van der Waals surface area contributed by atoms with Crippen molar-refractivity contribution in [3.8, 4) is 5.82 Å². The van der Waals surface area contributed by atoms with Crippen molar-refractivity contribution in [2.24, 2.45) is 0 Å². The Kier molecular flexibility index (Phi) is 5.97. The Labute approximate surface area is 181 Å². The quantitative estimate of drug-likeness (QED) is 0.685. The molecule has 0 unspecified atom stereocenters. The van der Waals surface area contributed by atoms with Crippen LogP contribution in [0.1, 0.15) is 21.7 Å². The van der Waals surface area contributed by atoms with Gasteiger partial charge in [-0.05, 0) is 44.2 Å². The zero-order chi connectivity index (χ0) is 21.8. The number of anilines is 1. The van der Waals surface area contributed by atoms with Crippen LogP contribution in [0.3, 0.4) is 0 Å². The summed E-state index contributed by atoms with van der Waals surface area (Å²) in [6, 6.07) is 15.6. The first-order chi connectivity index (χ1) is 15.0. The first-order valence-corrected chi connectivity index (χ1v) is 10.4. The Hall–Kier alpha value is -3.68. The smallest absolute Gasteiger partial charge is 0.253 e. The fourth-order valence-corrected chi connectivity index (χ4v) is 3.73. The van der Waals surface area contributed by atoms with E-state index in [0.717, 1.165) is 24.5 Å². The molecule has 0 saturated carbocycles. The van der Waals surface area contributed by atoms with E-state index in [0.29, 0.717) is 24.5 Å². The third-order valence-corrected chi connectivity index (χ3v) is 5.39. The summed E-state index contributed by atoms with van der Waals surface area (Å²) in [6.07, 6.45) is 1.50. The minimum atomic E-state index is -0.316. The summed E-state index contributed by atoms with van der Waals surface area (Å²) in [7, 11) is 0. The number of aryl methyl sites for hydroxylation is 2. The van der Waals surface area contributed by atoms with Crippen molar-refractivity contribution in [1.82, 2.24) is 25.0 Å². The van der Waals surface area contributed by atoms with Crippen molar-refractivity contribution in [3.63, 3.8) is 0 Å². The van der Waals surface area contributed by atoms with Crippen LogP contribution in [0.2, 0.25) is 0 Å². The zero-order valence-electron chi connectivity index (χ0n) is 17.8. The number of nitrogens with zero attached hydrogens (tertiary/aromatic N) is 5. The highest BCUT2D eigenvalue weighted by Crippen LogP contribution is 2.15. The summed E-state index contributed by atoms with van der Waals surface area (Å²) in [4.78, 5) is 33.4. The number of para-hydroxylation sites is 1. The van der Waals surface area contributed by atoms with E-state index in [4.69, 9.17) is 0 Å². The van der Waals surface area contributed by atoms with Gasteiger partial charge in [0, 0.05) is 43.8 Å². The van der Waals surface area contributed by atoms with Crippen LogP contribution in [-0.4, -0.2) is 64.2 Å². The second kappa shape index (κ2) is 8.99. The van der Waals surface area contributed by atoms with Crippen molar-refractivity contribution >= 4 is 17.5 Å². The third-order valence-electron chi connectivity index (χ3n) is 5.39. The average molecular weight is 419 g/mol. The molecule has 1 N–H and O–H groups in total. The standard InChI is InChI=1S/C23H26N6O2/c1-17-14-18(2)29(26-17)21-9-8-19(15-24-21)23(31)25-16-22(30)28-12-10-27(11-13-28)20-6-4-3-5-7-20/h3-9,14-15H,10-13,16H2,1-2H3,(H,25,31). The summed E-state index contributed by atoms with van der Waals surface area (Å²) in [5.41, 5.74) is 3.45. The van der Waals surface area contributed by atoms with E-state index in [1.165, 1.54) is 11.9 Å². The van der Waals surface area contributed by atoms with Crippen LogP contribution in [0.4, 0.5) is 5.69 Å². The van der Waals surface area contributed by atoms with Gasteiger partial charge in [0.05, 0.1) is 17.8 Å². The summed E-state index contributed by atoms with van der Waals surface area (Å²) in [5, 5.41) is 7.10. The second-order valence-corrected chi connectivity index (χ2v) is 7.63. The van der Waals surface area contributed by atoms with Crippen LogP contribution >= 0.6 is 0 Å². The third kappa shape index (κ3) is 4.74. The number of aromatic nitrogens is 3. The molecule has 0 aliphatic carbocycles. The number of pyridine rings is 1. The van der Waals surface area contributed by atoms with E-state index in [9.17, 15) is 9.59 Å². The van der Waals surface area contributed by atoms with Gasteiger partial charge in [0.1, 0.15) is 0 Å². The van der Waals surface area contributed by atoms with Gasteiger partial charge in [-0.3, -0.25) is 9.59 Å². The van der Waals surface area contributed by atoms with Gasteiger partial charge in [-0.1, -0.05) is 18.2 Å². The maximum absolute atomic E-state index is 12.5. The Morgan fingerprint density at radius 1 is 1.00 bits per heavy atom. The van der Waals surface area contributed by atoms with Crippen LogP contribution in [0.5, 0.6) is 0 Å². The van der Waals surface area contributed by atoms with Gasteiger partial charge in [-0.15, -0.1) is 0 Å². The number of hydrogen-bond acceptors (Lipinski definition) is 5. The van der Waals surface area contributed by atoms with Crippen molar-refractivity contribution in [2.75, 3.05) is 37.6 Å². The normalized spacial score (nSPS) is 13.9. The molecule has 4 rings (SSSR count). The van der Waals surface area contributed by atoms with Gasteiger partial charge < -0.3 is 15.1 Å². The molecule has 0 radical (unpaired) electrons. The van der Waals surface area contributed by atoms with Crippen LogP contribution in [-0.2, 0) is 4.79 Å². The fourth-order valence-electron chi connectivity index (χ4n) is 3.73. The highest BCUT2D eigenvalue weighted by Gasteiger charge is 2.21. The molecule has 8 nitrogen and oxygen atoms in total. The van der Waals surface area contributed by atoms with Gasteiger partial charge in [0.15, 0.2) is 5.82 Å². The minimum absolute atomic E-state index is 0.0244. The van der Waals surface area contributed by atoms with E-state index in [2.05, 4.69) is 32.4 Å². The molecule has 3 heterocycles. The molecule has 0 spiro atoms. The van der Waals surface area contributed by atoms with Gasteiger partial charge in [0.25, 0.3) is 5.91 Å². The number of benzene rings is 1. The maximum Gasteiger partial charge on any atom is 0.253 e. The zero-order valence-corrected chi connectivity index (χ0v) is 17.8. The molecular weight excluding hydrogens is 392 g/mol. The maximum atomic E-state index is 12.5. The Bertz CT molecular complexity index is 1050. The molecule has 1 aliphatic rings. The predicted octanol–water partition coefficient (Wildman–Crippen LogP) is 1.96. The SMILES string of the molecule is Cc1cc(C)n(-c2ccc(C(=O)NCC(=O)N3CCN(c4ccccc4)CC3)cn2)n1. The Morgan fingerprint density at radius 2 is 1.74 bits per heavy atom. The predicted molar refractivity (Wildman–Crippen MR) is 118 cm³/mol.